The van der Waals surface area contributed by atoms with Crippen molar-refractivity contribution in [3.05, 3.63) is 59.2 Å². The fourth-order valence-corrected chi connectivity index (χ4v) is 4.93. The van der Waals surface area contributed by atoms with Gasteiger partial charge in [0.1, 0.15) is 6.61 Å². The number of anilines is 2. The summed E-state index contributed by atoms with van der Waals surface area (Å²) in [7, 11) is 0. The minimum absolute atomic E-state index is 0.0483. The Labute approximate surface area is 222 Å². The number of carbonyl (C=O) groups is 1. The molecule has 1 heterocycles. The van der Waals surface area contributed by atoms with E-state index in [-0.39, 0.29) is 24.7 Å². The van der Waals surface area contributed by atoms with Crippen molar-refractivity contribution in [3.8, 4) is 6.07 Å². The molecule has 1 saturated heterocycles. The molecule has 1 aliphatic carbocycles. The number of benzene rings is 2. The molecule has 6 nitrogen and oxygen atoms in total. The summed E-state index contributed by atoms with van der Waals surface area (Å²) in [6.45, 7) is 1.79. The Morgan fingerprint density at radius 1 is 0.923 bits per heavy atom. The average molecular weight is 555 g/mol. The maximum absolute atomic E-state index is 13.2. The second kappa shape index (κ2) is 11.7. The van der Waals surface area contributed by atoms with E-state index in [4.69, 9.17) is 10.00 Å². The number of rotatable bonds is 6. The first-order chi connectivity index (χ1) is 18.4. The van der Waals surface area contributed by atoms with Crippen LogP contribution in [0.3, 0.4) is 0 Å². The molecule has 0 unspecified atom stereocenters. The van der Waals surface area contributed by atoms with Crippen LogP contribution in [0.5, 0.6) is 0 Å². The summed E-state index contributed by atoms with van der Waals surface area (Å²) >= 11 is 0. The molecule has 2 fully saturated rings. The third-order valence-corrected chi connectivity index (χ3v) is 7.13. The number of amides is 1. The van der Waals surface area contributed by atoms with Crippen LogP contribution in [-0.4, -0.2) is 55.7 Å². The first-order valence-electron chi connectivity index (χ1n) is 12.6. The standard InChI is InChI=1S/C27H28F6N4O2/c28-26(29,30)19-2-7-22(8-3-19)36-11-13-37(14-12-36)25(38)17-39-23-9-5-20(6-10-23)35-21-4-1-18(16-34)24(15-21)27(31,32)33/h1-4,7-8,15,20,23,35H,5-6,9-14,17H2/t20-,23-. The van der Waals surface area contributed by atoms with Crippen LogP contribution in [0.25, 0.3) is 0 Å². The van der Waals surface area contributed by atoms with Gasteiger partial charge in [-0.2, -0.15) is 31.6 Å². The average Bonchev–Trinajstić information content (AvgIpc) is 2.91. The monoisotopic (exact) mass is 554 g/mol. The van der Waals surface area contributed by atoms with E-state index in [1.807, 2.05) is 4.90 Å². The zero-order chi connectivity index (χ0) is 28.2. The summed E-state index contributed by atoms with van der Waals surface area (Å²) in [6, 6.07) is 10.1. The van der Waals surface area contributed by atoms with E-state index in [0.717, 1.165) is 24.3 Å². The Kier molecular flexibility index (Phi) is 8.59. The summed E-state index contributed by atoms with van der Waals surface area (Å²) in [5, 5.41) is 12.1. The van der Waals surface area contributed by atoms with Gasteiger partial charge in [0, 0.05) is 43.6 Å². The van der Waals surface area contributed by atoms with Crippen LogP contribution in [0.1, 0.15) is 42.4 Å². The minimum atomic E-state index is -4.62. The predicted octanol–water partition coefficient (Wildman–Crippen LogP) is 5.68. The number of piperazine rings is 1. The normalized spacial score (nSPS) is 20.4. The number of alkyl halides is 6. The van der Waals surface area contributed by atoms with Crippen molar-refractivity contribution in [1.82, 2.24) is 4.90 Å². The zero-order valence-electron chi connectivity index (χ0n) is 21.0. The van der Waals surface area contributed by atoms with Gasteiger partial charge in [0.2, 0.25) is 5.91 Å². The van der Waals surface area contributed by atoms with Crippen LogP contribution in [0, 0.1) is 11.3 Å². The number of hydrogen-bond acceptors (Lipinski definition) is 5. The molecule has 1 aliphatic heterocycles. The van der Waals surface area contributed by atoms with E-state index in [9.17, 15) is 31.1 Å². The van der Waals surface area contributed by atoms with E-state index >= 15 is 0 Å². The van der Waals surface area contributed by atoms with Gasteiger partial charge in [-0.1, -0.05) is 0 Å². The van der Waals surface area contributed by atoms with Gasteiger partial charge in [0.15, 0.2) is 0 Å². The van der Waals surface area contributed by atoms with E-state index in [0.29, 0.717) is 63.2 Å². The summed E-state index contributed by atoms with van der Waals surface area (Å²) in [5.74, 6) is -0.153. The van der Waals surface area contributed by atoms with Crippen molar-refractivity contribution in [2.75, 3.05) is 43.0 Å². The number of nitrogens with one attached hydrogen (secondary N) is 1. The fourth-order valence-electron chi connectivity index (χ4n) is 4.93. The maximum atomic E-state index is 13.2. The van der Waals surface area contributed by atoms with E-state index < -0.39 is 29.0 Å². The molecule has 0 bridgehead atoms. The SMILES string of the molecule is N#Cc1ccc(N[C@H]2CC[C@H](OCC(=O)N3CCN(c4ccc(C(F)(F)F)cc4)CC3)CC2)cc1C(F)(F)F. The third kappa shape index (κ3) is 7.35. The molecule has 0 radical (unpaired) electrons. The zero-order valence-corrected chi connectivity index (χ0v) is 21.0. The lowest BCUT2D eigenvalue weighted by Gasteiger charge is -2.36. The highest BCUT2D eigenvalue weighted by atomic mass is 19.4. The highest BCUT2D eigenvalue weighted by Gasteiger charge is 2.34. The maximum Gasteiger partial charge on any atom is 0.417 e. The molecule has 2 aliphatic rings. The molecule has 4 rings (SSSR count). The van der Waals surface area contributed by atoms with Gasteiger partial charge in [0.05, 0.1) is 28.9 Å². The summed E-state index contributed by atoms with van der Waals surface area (Å²) in [6.07, 6.45) is -6.52. The summed E-state index contributed by atoms with van der Waals surface area (Å²) in [4.78, 5) is 16.3. The van der Waals surface area contributed by atoms with Crippen LogP contribution in [0.2, 0.25) is 0 Å². The lowest BCUT2D eigenvalue weighted by Crippen LogP contribution is -2.50. The fraction of sp³-hybridized carbons (Fsp3) is 0.481. The Hall–Kier alpha value is -3.46. The van der Waals surface area contributed by atoms with Crippen molar-refractivity contribution >= 4 is 17.3 Å². The van der Waals surface area contributed by atoms with Gasteiger partial charge < -0.3 is 19.9 Å². The first-order valence-corrected chi connectivity index (χ1v) is 12.6. The van der Waals surface area contributed by atoms with Gasteiger partial charge in [-0.15, -0.1) is 0 Å². The van der Waals surface area contributed by atoms with Crippen molar-refractivity contribution in [3.63, 3.8) is 0 Å². The molecule has 1 N–H and O–H groups in total. The molecule has 0 spiro atoms. The highest BCUT2D eigenvalue weighted by molar-refractivity contribution is 5.77. The van der Waals surface area contributed by atoms with Crippen LogP contribution >= 0.6 is 0 Å². The predicted molar refractivity (Wildman–Crippen MR) is 132 cm³/mol. The first kappa shape index (κ1) is 28.5. The van der Waals surface area contributed by atoms with Crippen LogP contribution in [0.4, 0.5) is 37.7 Å². The Balaban J connectivity index is 1.18. The smallest absolute Gasteiger partial charge is 0.382 e. The van der Waals surface area contributed by atoms with Crippen molar-refractivity contribution < 1.29 is 35.9 Å². The third-order valence-electron chi connectivity index (χ3n) is 7.13. The van der Waals surface area contributed by atoms with Crippen molar-refractivity contribution in [2.24, 2.45) is 0 Å². The number of ether oxygens (including phenoxy) is 1. The van der Waals surface area contributed by atoms with Crippen LogP contribution in [0.15, 0.2) is 42.5 Å². The van der Waals surface area contributed by atoms with Gasteiger partial charge in [-0.25, -0.2) is 0 Å². The molecule has 39 heavy (non-hydrogen) atoms. The molecule has 1 saturated carbocycles. The molecule has 2 aromatic carbocycles. The number of nitriles is 1. The molecular weight excluding hydrogens is 526 g/mol. The van der Waals surface area contributed by atoms with Gasteiger partial charge in [0.25, 0.3) is 0 Å². The molecule has 2 aromatic rings. The second-order valence-electron chi connectivity index (χ2n) is 9.71. The number of hydrogen-bond donors (Lipinski definition) is 1. The van der Waals surface area contributed by atoms with Gasteiger partial charge in [-0.3, -0.25) is 4.79 Å². The Bertz CT molecular complexity index is 1180. The van der Waals surface area contributed by atoms with E-state index in [1.165, 1.54) is 18.2 Å². The Morgan fingerprint density at radius 3 is 2.13 bits per heavy atom. The Morgan fingerprint density at radius 2 is 1.56 bits per heavy atom. The van der Waals surface area contributed by atoms with Crippen LogP contribution < -0.4 is 10.2 Å². The molecule has 12 heteroatoms. The second-order valence-corrected chi connectivity index (χ2v) is 9.71. The quantitative estimate of drug-likeness (QED) is 0.465. The topological polar surface area (TPSA) is 68.6 Å². The van der Waals surface area contributed by atoms with Crippen molar-refractivity contribution in [1.29, 1.82) is 5.26 Å². The lowest BCUT2D eigenvalue weighted by molar-refractivity contribution is -0.139. The molecular formula is C27H28F6N4O2. The molecule has 0 aromatic heterocycles. The van der Waals surface area contributed by atoms with Crippen molar-refractivity contribution in [2.45, 2.75) is 50.2 Å². The lowest BCUT2D eigenvalue weighted by atomic mass is 9.92. The van der Waals surface area contributed by atoms with Gasteiger partial charge >= 0.3 is 12.4 Å². The molecule has 1 amide bonds. The number of nitrogens with zero attached hydrogens (tertiary/aromatic N) is 3. The highest BCUT2D eigenvalue weighted by Crippen LogP contribution is 2.34. The van der Waals surface area contributed by atoms with Crippen LogP contribution in [-0.2, 0) is 21.9 Å². The van der Waals surface area contributed by atoms with E-state index in [1.54, 1.807) is 11.0 Å². The summed E-state index contributed by atoms with van der Waals surface area (Å²) < 4.78 is 83.8. The summed E-state index contributed by atoms with van der Waals surface area (Å²) in [5.41, 5.74) is -1.11. The number of halogens is 6. The van der Waals surface area contributed by atoms with Gasteiger partial charge in [-0.05, 0) is 68.1 Å². The molecule has 0 atom stereocenters. The molecule has 210 valence electrons. The largest absolute Gasteiger partial charge is 0.417 e. The number of carbonyl (C=O) groups excluding carboxylic acids is 1. The van der Waals surface area contributed by atoms with E-state index in [2.05, 4.69) is 5.32 Å². The minimum Gasteiger partial charge on any atom is -0.382 e.